The molecule has 0 heterocycles. The molecule has 0 aliphatic heterocycles. The molecule has 386 valence electrons. The Balaban J connectivity index is 0.000000688. The van der Waals surface area contributed by atoms with Gasteiger partial charge < -0.3 is 4.48 Å². The molecule has 0 amide bonds. The highest BCUT2D eigenvalue weighted by atomic mass is 15.3. The van der Waals surface area contributed by atoms with Gasteiger partial charge in [0, 0.05) is 0 Å². The van der Waals surface area contributed by atoms with E-state index < -0.39 is 0 Å². The van der Waals surface area contributed by atoms with Crippen LogP contribution >= 0.6 is 0 Å². The van der Waals surface area contributed by atoms with Crippen molar-refractivity contribution in [1.29, 1.82) is 0 Å². The second-order valence-electron chi connectivity index (χ2n) is 22.0. The van der Waals surface area contributed by atoms with Crippen molar-refractivity contribution in [2.45, 2.75) is 330 Å². The Kier molecular flexibility index (Phi) is 46.2. The molecule has 0 N–H and O–H groups in total. The number of benzene rings is 2. The van der Waals surface area contributed by atoms with E-state index in [0.29, 0.717) is 0 Å². The summed E-state index contributed by atoms with van der Waals surface area (Å²) in [7, 11) is 2.61. The minimum absolute atomic E-state index is 1.26. The van der Waals surface area contributed by atoms with Crippen molar-refractivity contribution in [2.75, 3.05) is 26.7 Å². The molecular formula is C65H122N+. The van der Waals surface area contributed by atoms with Crippen LogP contribution in [0.4, 0.5) is 0 Å². The second kappa shape index (κ2) is 48.7. The Labute approximate surface area is 417 Å². The largest absolute Gasteiger partial charge is 0.326 e. The van der Waals surface area contributed by atoms with Gasteiger partial charge >= 0.3 is 0 Å². The minimum atomic E-state index is 1.26. The van der Waals surface area contributed by atoms with Gasteiger partial charge in [-0.2, -0.15) is 0 Å². The van der Waals surface area contributed by atoms with Gasteiger partial charge in [0.2, 0.25) is 0 Å². The van der Waals surface area contributed by atoms with Crippen LogP contribution in [0.1, 0.15) is 328 Å². The first-order valence-corrected chi connectivity index (χ1v) is 30.9. The summed E-state index contributed by atoms with van der Waals surface area (Å²) in [4.78, 5) is 0. The lowest BCUT2D eigenvalue weighted by atomic mass is 9.91. The lowest BCUT2D eigenvalue weighted by molar-refractivity contribution is -0.910. The van der Waals surface area contributed by atoms with E-state index in [9.17, 15) is 0 Å². The van der Waals surface area contributed by atoms with Crippen molar-refractivity contribution < 1.29 is 4.48 Å². The zero-order chi connectivity index (χ0) is 47.7. The number of nitrogens with zero attached hydrogens (tertiary/aromatic N) is 1. The van der Waals surface area contributed by atoms with Gasteiger partial charge in [-0.05, 0) is 86.1 Å². The van der Waals surface area contributed by atoms with Gasteiger partial charge in [0.1, 0.15) is 0 Å². The fourth-order valence-corrected chi connectivity index (χ4v) is 10.7. The van der Waals surface area contributed by atoms with Crippen LogP contribution in [0.15, 0.2) is 36.4 Å². The first-order valence-electron chi connectivity index (χ1n) is 30.9. The predicted octanol–water partition coefficient (Wildman–Crippen LogP) is 22.6. The lowest BCUT2D eigenvalue weighted by Crippen LogP contribution is -2.46. The third kappa shape index (κ3) is 37.5. The average molecular weight is 918 g/mol. The first kappa shape index (κ1) is 62.7. The molecule has 0 fully saturated rings. The summed E-state index contributed by atoms with van der Waals surface area (Å²) in [6, 6.07) is 13.8. The number of quaternary nitrogens is 1. The van der Waals surface area contributed by atoms with E-state index in [1.54, 1.807) is 11.1 Å². The molecule has 0 aromatic heterocycles. The summed E-state index contributed by atoms with van der Waals surface area (Å²) in [5, 5.41) is 2.93. The van der Waals surface area contributed by atoms with Crippen LogP contribution in [-0.2, 0) is 12.8 Å². The van der Waals surface area contributed by atoms with Gasteiger partial charge in [-0.3, -0.25) is 0 Å². The van der Waals surface area contributed by atoms with Crippen LogP contribution in [0.25, 0.3) is 10.8 Å². The fourth-order valence-electron chi connectivity index (χ4n) is 10.7. The maximum Gasteiger partial charge on any atom is 0.0784 e. The van der Waals surface area contributed by atoms with Crippen molar-refractivity contribution in [3.63, 3.8) is 0 Å². The molecule has 0 spiro atoms. The summed E-state index contributed by atoms with van der Waals surface area (Å²) < 4.78 is 1.37. The zero-order valence-electron chi connectivity index (χ0n) is 46.6. The molecule has 2 aromatic carbocycles. The van der Waals surface area contributed by atoms with Gasteiger partial charge in [0.05, 0.1) is 26.7 Å². The molecule has 66 heavy (non-hydrogen) atoms. The molecule has 0 atom stereocenters. The highest BCUT2D eigenvalue weighted by molar-refractivity contribution is 5.86. The average Bonchev–Trinajstić information content (AvgIpc) is 3.33. The normalized spacial score (nSPS) is 11.7. The van der Waals surface area contributed by atoms with Gasteiger partial charge in [-0.15, -0.1) is 0 Å². The molecule has 0 saturated carbocycles. The molecule has 1 heteroatoms. The van der Waals surface area contributed by atoms with Crippen molar-refractivity contribution in [3.05, 3.63) is 47.5 Å². The zero-order valence-corrected chi connectivity index (χ0v) is 46.6. The highest BCUT2D eigenvalue weighted by Gasteiger charge is 2.20. The maximum atomic E-state index is 2.61. The quantitative estimate of drug-likeness (QED) is 0.0458. The van der Waals surface area contributed by atoms with E-state index in [1.165, 1.54) is 330 Å². The molecule has 2 aromatic rings. The van der Waals surface area contributed by atoms with Crippen LogP contribution in [0.5, 0.6) is 0 Å². The maximum absolute atomic E-state index is 2.61. The Bertz CT molecular complexity index is 1190. The first-order chi connectivity index (χ1) is 32.5. The second-order valence-corrected chi connectivity index (χ2v) is 22.0. The third-order valence-electron chi connectivity index (χ3n) is 15.4. The van der Waals surface area contributed by atoms with Crippen LogP contribution in [0.2, 0.25) is 0 Å². The Morgan fingerprint density at radius 1 is 0.273 bits per heavy atom. The van der Waals surface area contributed by atoms with E-state index in [-0.39, 0.29) is 0 Å². The molecule has 0 aliphatic carbocycles. The summed E-state index contributed by atoms with van der Waals surface area (Å²) in [6.45, 7) is 15.9. The highest BCUT2D eigenvalue weighted by Crippen LogP contribution is 2.27. The molecule has 1 nitrogen and oxygen atoms in total. The smallest absolute Gasteiger partial charge is 0.0784 e. The van der Waals surface area contributed by atoms with E-state index >= 15 is 0 Å². The summed E-state index contributed by atoms with van der Waals surface area (Å²) in [5.74, 6) is 0. The van der Waals surface area contributed by atoms with Crippen molar-refractivity contribution >= 4 is 10.8 Å². The summed E-state index contributed by atoms with van der Waals surface area (Å²) >= 11 is 0. The van der Waals surface area contributed by atoms with Gasteiger partial charge in [0.15, 0.2) is 0 Å². The Morgan fingerprint density at radius 2 is 0.545 bits per heavy atom. The van der Waals surface area contributed by atoms with Crippen LogP contribution < -0.4 is 0 Å². The molecular weight excluding hydrogens is 795 g/mol. The van der Waals surface area contributed by atoms with Crippen LogP contribution in [0.3, 0.4) is 0 Å². The minimum Gasteiger partial charge on any atom is -0.326 e. The number of rotatable bonds is 49. The number of hydrogen-bond donors (Lipinski definition) is 0. The van der Waals surface area contributed by atoms with E-state index in [1.807, 2.05) is 0 Å². The lowest BCUT2D eigenvalue weighted by Gasteiger charge is -2.35. The summed E-state index contributed by atoms with van der Waals surface area (Å²) in [6.07, 6.45) is 65.8. The number of unbranched alkanes of at least 4 members (excludes halogenated alkanes) is 39. The monoisotopic (exact) mass is 917 g/mol. The molecule has 0 saturated heterocycles. The number of fused-ring (bicyclic) bond motifs is 1. The van der Waals surface area contributed by atoms with Crippen molar-refractivity contribution in [2.24, 2.45) is 0 Å². The molecule has 2 rings (SSSR count). The third-order valence-corrected chi connectivity index (χ3v) is 15.4. The Morgan fingerprint density at radius 3 is 0.879 bits per heavy atom. The van der Waals surface area contributed by atoms with E-state index in [4.69, 9.17) is 0 Å². The van der Waals surface area contributed by atoms with E-state index in [2.05, 4.69) is 78.1 Å². The molecule has 0 unspecified atom stereocenters. The SMILES string of the molecule is CCCCCCCCCCCC[N+](C)(CCCCCCCCCCCC)CCCCCCCCCCCC.CCCCCCCCCc1ccc2ccccc2c1CCCCCCCCC. The van der Waals surface area contributed by atoms with Gasteiger partial charge in [-0.25, -0.2) is 0 Å². The topological polar surface area (TPSA) is 0 Å². The van der Waals surface area contributed by atoms with Crippen molar-refractivity contribution in [3.8, 4) is 0 Å². The number of aryl methyl sites for hydroxylation is 2. The Hall–Kier alpha value is -1.34. The molecule has 0 bridgehead atoms. The van der Waals surface area contributed by atoms with Crippen molar-refractivity contribution in [1.82, 2.24) is 0 Å². The van der Waals surface area contributed by atoms with Crippen LogP contribution in [0, 0.1) is 0 Å². The van der Waals surface area contributed by atoms with Gasteiger partial charge in [0.25, 0.3) is 0 Å². The molecule has 0 radical (unpaired) electrons. The van der Waals surface area contributed by atoms with E-state index in [0.717, 1.165) is 0 Å². The standard InChI is InChI=1S/C37H78N.C28H44/c1-5-8-11-14-17-20-23-26-29-32-35-38(4,36-33-30-27-24-21-18-15-12-9-6-2)37-34-31-28-25-22-19-16-13-10-7-3;1-3-5-7-9-11-13-15-19-25-23-24-26-20-17-18-22-28(26)27(25)21-16-14-12-10-8-6-4-2/h5-37H2,1-4H3;17-18,20,22-24H,3-16,19,21H2,1-2H3/q+1;. The van der Waals surface area contributed by atoms with Crippen LogP contribution in [-0.4, -0.2) is 31.2 Å². The fraction of sp³-hybridized carbons (Fsp3) is 0.846. The van der Waals surface area contributed by atoms with Gasteiger partial charge in [-0.1, -0.05) is 302 Å². The summed E-state index contributed by atoms with van der Waals surface area (Å²) in [5.41, 5.74) is 3.27. The number of hydrogen-bond acceptors (Lipinski definition) is 0. The predicted molar refractivity (Wildman–Crippen MR) is 304 cm³/mol. The molecule has 0 aliphatic rings.